The molecule has 1 aromatic rings. The van der Waals surface area contributed by atoms with Crippen molar-refractivity contribution >= 4 is 41.7 Å². The van der Waals surface area contributed by atoms with E-state index < -0.39 is 64.3 Å². The molecule has 1 rings (SSSR count). The van der Waals surface area contributed by atoms with Crippen molar-refractivity contribution < 1.29 is 52.5 Å². The van der Waals surface area contributed by atoms with Gasteiger partial charge in [-0.2, -0.15) is 0 Å². The minimum atomic E-state index is -0.986. The van der Waals surface area contributed by atoms with Gasteiger partial charge in [0.2, 0.25) is 5.91 Å². The Morgan fingerprint density at radius 3 is 1.69 bits per heavy atom. The van der Waals surface area contributed by atoms with Gasteiger partial charge in [0.25, 0.3) is 0 Å². The van der Waals surface area contributed by atoms with Crippen molar-refractivity contribution in [3.8, 4) is 0 Å². The van der Waals surface area contributed by atoms with Crippen LogP contribution in [0, 0.1) is 11.3 Å². The molecule has 4 N–H and O–H groups in total. The summed E-state index contributed by atoms with van der Waals surface area (Å²) in [6.45, 7) is 22.5. The van der Waals surface area contributed by atoms with Crippen molar-refractivity contribution in [1.82, 2.24) is 21.3 Å². The largest absolute Gasteiger partial charge is 0.460 e. The molecule has 0 aromatic heterocycles. The van der Waals surface area contributed by atoms with Crippen LogP contribution in [0.5, 0.6) is 0 Å². The van der Waals surface area contributed by atoms with Crippen molar-refractivity contribution in [3.05, 3.63) is 35.9 Å². The zero-order chi connectivity index (χ0) is 47.1. The molecule has 1 aromatic carbocycles. The molecule has 15 nitrogen and oxygen atoms in total. The van der Waals surface area contributed by atoms with E-state index in [-0.39, 0.29) is 69.3 Å². The van der Waals surface area contributed by atoms with Crippen LogP contribution in [0.2, 0.25) is 0 Å². The van der Waals surface area contributed by atoms with Gasteiger partial charge >= 0.3 is 30.0 Å². The maximum Gasteiger partial charge on any atom is 0.407 e. The van der Waals surface area contributed by atoms with Crippen LogP contribution < -0.4 is 21.3 Å². The number of nitrogens with one attached hydrogen (secondary N) is 4. The lowest BCUT2D eigenvalue weighted by Gasteiger charge is -2.32. The number of ether oxygens (including phenoxy) is 4. The molecule has 0 aliphatic rings. The van der Waals surface area contributed by atoms with Crippen molar-refractivity contribution in [3.63, 3.8) is 0 Å². The van der Waals surface area contributed by atoms with E-state index in [9.17, 15) is 33.6 Å². The summed E-state index contributed by atoms with van der Waals surface area (Å²) in [4.78, 5) is 89.9. The Balaban J connectivity index is 2.76. The van der Waals surface area contributed by atoms with Gasteiger partial charge in [0, 0.05) is 50.7 Å². The van der Waals surface area contributed by atoms with Crippen LogP contribution in [0.25, 0.3) is 0 Å². The second-order valence-electron chi connectivity index (χ2n) is 19.9. The lowest BCUT2D eigenvalue weighted by atomic mass is 9.84. The third-order valence-corrected chi connectivity index (χ3v) is 9.20. The third kappa shape index (κ3) is 28.0. The summed E-state index contributed by atoms with van der Waals surface area (Å²) in [6, 6.07) is 7.39. The van der Waals surface area contributed by atoms with E-state index in [1.54, 1.807) is 62.3 Å². The molecular formula is C47H78N4O11. The first-order valence-corrected chi connectivity index (χ1v) is 22.1. The van der Waals surface area contributed by atoms with Crippen LogP contribution in [-0.2, 0) is 49.5 Å². The van der Waals surface area contributed by atoms with Gasteiger partial charge in [-0.3, -0.25) is 19.2 Å². The number of alkyl carbamates (subject to hydrolysis) is 1. The fourth-order valence-corrected chi connectivity index (χ4v) is 6.16. The van der Waals surface area contributed by atoms with Crippen molar-refractivity contribution in [2.45, 2.75) is 196 Å². The minimum Gasteiger partial charge on any atom is -0.460 e. The Hall–Kier alpha value is -4.69. The summed E-state index contributed by atoms with van der Waals surface area (Å²) in [5.41, 5.74) is -1.64. The number of amides is 4. The van der Waals surface area contributed by atoms with Gasteiger partial charge < -0.3 is 40.2 Å². The summed E-state index contributed by atoms with van der Waals surface area (Å²) in [6.07, 6.45) is 3.28. The van der Waals surface area contributed by atoms with Gasteiger partial charge in [-0.05, 0) is 118 Å². The molecule has 0 aliphatic carbocycles. The van der Waals surface area contributed by atoms with Crippen LogP contribution in [0.15, 0.2) is 30.3 Å². The van der Waals surface area contributed by atoms with Crippen molar-refractivity contribution in [2.24, 2.45) is 11.3 Å². The molecule has 0 bridgehead atoms. The number of Topliss-reactive ketones (excluding diaryl/α,β-unsaturated/α-hetero) is 1. The molecule has 0 saturated heterocycles. The second-order valence-corrected chi connectivity index (χ2v) is 19.9. The first-order chi connectivity index (χ1) is 28.6. The predicted octanol–water partition coefficient (Wildman–Crippen LogP) is 8.00. The number of hydrogen-bond acceptors (Lipinski definition) is 11. The number of urea groups is 1. The number of carbonyl (C=O) groups is 7. The zero-order valence-electron chi connectivity index (χ0n) is 39.7. The number of esters is 3. The Morgan fingerprint density at radius 1 is 0.581 bits per heavy atom. The Kier molecular flexibility index (Phi) is 23.8. The molecule has 0 radical (unpaired) electrons. The average molecular weight is 875 g/mol. The molecule has 352 valence electrons. The molecule has 3 atom stereocenters. The Morgan fingerprint density at radius 2 is 1.13 bits per heavy atom. The molecule has 62 heavy (non-hydrogen) atoms. The summed E-state index contributed by atoms with van der Waals surface area (Å²) in [5.74, 6) is -2.64. The number of carbonyl (C=O) groups excluding carboxylic acids is 7. The second kappa shape index (κ2) is 26.7. The smallest absolute Gasteiger partial charge is 0.407 e. The number of hydrogen-bond donors (Lipinski definition) is 4. The molecule has 0 aliphatic heterocycles. The van der Waals surface area contributed by atoms with E-state index in [0.29, 0.717) is 45.1 Å². The first-order valence-electron chi connectivity index (χ1n) is 22.1. The first kappa shape index (κ1) is 55.3. The molecular weight excluding hydrogens is 797 g/mol. The zero-order valence-corrected chi connectivity index (χ0v) is 39.7. The van der Waals surface area contributed by atoms with Crippen molar-refractivity contribution in [1.29, 1.82) is 0 Å². The molecule has 15 heteroatoms. The van der Waals surface area contributed by atoms with Gasteiger partial charge in [-0.25, -0.2) is 14.4 Å². The lowest BCUT2D eigenvalue weighted by Crippen LogP contribution is -2.53. The van der Waals surface area contributed by atoms with Gasteiger partial charge in [-0.1, -0.05) is 57.5 Å². The Bertz CT molecular complexity index is 1570. The van der Waals surface area contributed by atoms with Crippen LogP contribution in [0.4, 0.5) is 9.59 Å². The van der Waals surface area contributed by atoms with Crippen LogP contribution >= 0.6 is 0 Å². The fraction of sp³-hybridized carbons (Fsp3) is 0.723. The van der Waals surface area contributed by atoms with Crippen molar-refractivity contribution in [2.75, 3.05) is 13.1 Å². The lowest BCUT2D eigenvalue weighted by molar-refractivity contribution is -0.158. The summed E-state index contributed by atoms with van der Waals surface area (Å²) < 4.78 is 21.7. The quantitative estimate of drug-likeness (QED) is 0.0421. The van der Waals surface area contributed by atoms with E-state index in [1.165, 1.54) is 0 Å². The van der Waals surface area contributed by atoms with E-state index in [0.717, 1.165) is 5.56 Å². The van der Waals surface area contributed by atoms with Gasteiger partial charge in [0.05, 0.1) is 0 Å². The molecule has 0 saturated carbocycles. The summed E-state index contributed by atoms with van der Waals surface area (Å²) >= 11 is 0. The third-order valence-electron chi connectivity index (χ3n) is 9.20. The van der Waals surface area contributed by atoms with E-state index in [4.69, 9.17) is 18.9 Å². The van der Waals surface area contributed by atoms with Crippen LogP contribution in [0.3, 0.4) is 0 Å². The van der Waals surface area contributed by atoms with E-state index >= 15 is 0 Å². The van der Waals surface area contributed by atoms with Gasteiger partial charge in [0.15, 0.2) is 0 Å². The normalized spacial score (nSPS) is 13.4. The summed E-state index contributed by atoms with van der Waals surface area (Å²) in [7, 11) is 0. The van der Waals surface area contributed by atoms with Gasteiger partial charge in [-0.15, -0.1) is 0 Å². The predicted molar refractivity (Wildman–Crippen MR) is 238 cm³/mol. The molecule has 0 spiro atoms. The summed E-state index contributed by atoms with van der Waals surface area (Å²) in [5, 5.41) is 11.3. The highest BCUT2D eigenvalue weighted by atomic mass is 16.6. The minimum absolute atomic E-state index is 0.0307. The van der Waals surface area contributed by atoms with Gasteiger partial charge in [0.1, 0.15) is 35.2 Å². The fourth-order valence-electron chi connectivity index (χ4n) is 6.16. The number of ketones is 1. The highest BCUT2D eigenvalue weighted by molar-refractivity contribution is 5.87. The van der Waals surface area contributed by atoms with Crippen LogP contribution in [0.1, 0.15) is 166 Å². The number of rotatable bonds is 25. The molecule has 4 amide bonds. The SMILES string of the molecule is CC(C)(C)OC(=O)CC[C@H](CC(=O)CCCCCNC(=O)OCc1ccccc1)C(=O)NCCCC[C@H](NC(=O)N[C@@H](CCC(=O)OC(C)(C)C)C(C)(C)C)C(=O)OC(C)(C)C. The Labute approximate surface area is 370 Å². The number of unbranched alkanes of at least 4 members (excludes halogenated alkanes) is 3. The number of benzene rings is 1. The highest BCUT2D eigenvalue weighted by Crippen LogP contribution is 2.24. The molecule has 0 heterocycles. The van der Waals surface area contributed by atoms with E-state index in [2.05, 4.69) is 21.3 Å². The van der Waals surface area contributed by atoms with Crippen LogP contribution in [-0.4, -0.2) is 83.7 Å². The average Bonchev–Trinajstić information content (AvgIpc) is 3.12. The molecule has 0 unspecified atom stereocenters. The maximum absolute atomic E-state index is 13.4. The monoisotopic (exact) mass is 875 g/mol. The maximum atomic E-state index is 13.4. The highest BCUT2D eigenvalue weighted by Gasteiger charge is 2.31. The van der Waals surface area contributed by atoms with E-state index in [1.807, 2.05) is 51.1 Å². The molecule has 0 fully saturated rings. The standard InChI is InChI=1S/C47H78N4O11/c1-44(2,3)37(26-28-39(54)61-46(7,8)9)51-42(57)50-36(41(56)62-47(10,11)12)24-18-20-29-48-40(55)34(25-27-38(53)60-45(4,5)6)31-35(52)23-17-14-19-30-49-43(58)59-32-33-21-15-13-16-22-33/h13,15-16,21-22,34,36-37H,14,17-20,23-32H2,1-12H3,(H,48,55)(H,49,58)(H2,50,51,57)/t34-,36+,37+/m1/s1. The topological polar surface area (TPSA) is 205 Å².